The normalized spacial score (nSPS) is 11.1. The van der Waals surface area contributed by atoms with Crippen molar-refractivity contribution in [2.45, 2.75) is 6.61 Å². The molecule has 0 bridgehead atoms. The highest BCUT2D eigenvalue weighted by Crippen LogP contribution is 2.19. The van der Waals surface area contributed by atoms with Crippen LogP contribution in [0.5, 0.6) is 0 Å². The maximum atomic E-state index is 13.1. The minimum absolute atomic E-state index is 0.195. The van der Waals surface area contributed by atoms with Gasteiger partial charge in [-0.3, -0.25) is 0 Å². The van der Waals surface area contributed by atoms with E-state index in [1.807, 2.05) is 17.5 Å². The van der Waals surface area contributed by atoms with Crippen molar-refractivity contribution in [3.63, 3.8) is 0 Å². The lowest BCUT2D eigenvalue weighted by molar-refractivity contribution is 0.129. The maximum absolute atomic E-state index is 13.1. The zero-order chi connectivity index (χ0) is 14.5. The number of benzene rings is 1. The van der Waals surface area contributed by atoms with Gasteiger partial charge in [0.1, 0.15) is 17.8 Å². The zero-order valence-corrected chi connectivity index (χ0v) is 11.7. The number of halogens is 1. The molecule has 21 heavy (non-hydrogen) atoms. The van der Waals surface area contributed by atoms with Gasteiger partial charge in [-0.1, -0.05) is 17.3 Å². The number of oxime groups is 1. The van der Waals surface area contributed by atoms with Crippen molar-refractivity contribution in [1.29, 1.82) is 0 Å². The highest BCUT2D eigenvalue weighted by atomic mass is 32.1. The largest absolute Gasteiger partial charge is 0.444 e. The van der Waals surface area contributed by atoms with Crippen molar-refractivity contribution >= 4 is 17.6 Å². The predicted molar refractivity (Wildman–Crippen MR) is 78.6 cm³/mol. The number of thiophene rings is 1. The third-order valence-electron chi connectivity index (χ3n) is 2.63. The van der Waals surface area contributed by atoms with Crippen LogP contribution in [-0.2, 0) is 11.4 Å². The Labute approximate surface area is 124 Å². The average molecular weight is 302 g/mol. The Morgan fingerprint density at radius 2 is 2.29 bits per heavy atom. The molecular formula is C15H11FN2O2S. The van der Waals surface area contributed by atoms with Crippen LogP contribution in [0.15, 0.2) is 57.6 Å². The van der Waals surface area contributed by atoms with Crippen LogP contribution in [0.2, 0.25) is 0 Å². The van der Waals surface area contributed by atoms with Crippen LogP contribution in [0.4, 0.5) is 4.39 Å². The molecule has 6 heteroatoms. The van der Waals surface area contributed by atoms with E-state index in [0.29, 0.717) is 17.1 Å². The summed E-state index contributed by atoms with van der Waals surface area (Å²) in [5, 5.41) is 5.81. The van der Waals surface area contributed by atoms with Crippen LogP contribution in [0.1, 0.15) is 10.6 Å². The second-order valence-corrected chi connectivity index (χ2v) is 5.16. The molecule has 0 spiro atoms. The van der Waals surface area contributed by atoms with Crippen LogP contribution < -0.4 is 0 Å². The molecule has 0 N–H and O–H groups in total. The summed E-state index contributed by atoms with van der Waals surface area (Å²) in [4.78, 5) is 10.4. The van der Waals surface area contributed by atoms with Gasteiger partial charge in [-0.05, 0) is 29.6 Å². The van der Waals surface area contributed by atoms with Gasteiger partial charge in [-0.25, -0.2) is 9.37 Å². The topological polar surface area (TPSA) is 47.6 Å². The first kappa shape index (κ1) is 13.5. The van der Waals surface area contributed by atoms with Gasteiger partial charge in [0.15, 0.2) is 6.61 Å². The molecule has 0 amide bonds. The van der Waals surface area contributed by atoms with Crippen LogP contribution in [0, 0.1) is 5.82 Å². The Kier molecular flexibility index (Phi) is 4.07. The summed E-state index contributed by atoms with van der Waals surface area (Å²) >= 11 is 1.57. The molecule has 2 heterocycles. The van der Waals surface area contributed by atoms with Crippen LogP contribution in [0.3, 0.4) is 0 Å². The van der Waals surface area contributed by atoms with E-state index in [-0.39, 0.29) is 12.4 Å². The lowest BCUT2D eigenvalue weighted by Crippen LogP contribution is -1.88. The summed E-state index contributed by atoms with van der Waals surface area (Å²) < 4.78 is 18.4. The van der Waals surface area contributed by atoms with Crippen molar-refractivity contribution in [3.05, 3.63) is 64.4 Å². The molecule has 0 aliphatic carbocycles. The first-order chi connectivity index (χ1) is 10.3. The summed E-state index contributed by atoms with van der Waals surface area (Å²) in [6.07, 6.45) is 3.11. The fourth-order valence-electron chi connectivity index (χ4n) is 1.68. The van der Waals surface area contributed by atoms with E-state index in [1.54, 1.807) is 29.7 Å². The number of oxazole rings is 1. The van der Waals surface area contributed by atoms with E-state index in [1.165, 1.54) is 18.4 Å². The van der Waals surface area contributed by atoms with E-state index < -0.39 is 0 Å². The van der Waals surface area contributed by atoms with E-state index in [4.69, 9.17) is 9.25 Å². The zero-order valence-electron chi connectivity index (χ0n) is 10.9. The van der Waals surface area contributed by atoms with Crippen molar-refractivity contribution in [2.24, 2.45) is 5.16 Å². The maximum Gasteiger partial charge on any atom is 0.226 e. The summed E-state index contributed by atoms with van der Waals surface area (Å²) in [5.74, 6) is 0.0272. The monoisotopic (exact) mass is 302 g/mol. The highest BCUT2D eigenvalue weighted by Gasteiger charge is 2.07. The van der Waals surface area contributed by atoms with E-state index in [2.05, 4.69) is 10.1 Å². The SMILES string of the molecule is Fc1cccc(-c2nc(CO/N=C/c3cccs3)co2)c1. The molecule has 0 saturated heterocycles. The Balaban J connectivity index is 1.60. The Bertz CT molecular complexity index is 738. The molecule has 0 saturated carbocycles. The average Bonchev–Trinajstić information content (AvgIpc) is 3.15. The third-order valence-corrected chi connectivity index (χ3v) is 3.44. The van der Waals surface area contributed by atoms with Gasteiger partial charge >= 0.3 is 0 Å². The number of rotatable bonds is 5. The quantitative estimate of drug-likeness (QED) is 0.527. The van der Waals surface area contributed by atoms with E-state index in [9.17, 15) is 4.39 Å². The number of aromatic nitrogens is 1. The van der Waals surface area contributed by atoms with Gasteiger partial charge in [-0.2, -0.15) is 0 Å². The predicted octanol–water partition coefficient (Wildman–Crippen LogP) is 4.09. The van der Waals surface area contributed by atoms with E-state index >= 15 is 0 Å². The smallest absolute Gasteiger partial charge is 0.226 e. The lowest BCUT2D eigenvalue weighted by Gasteiger charge is -1.95. The summed E-state index contributed by atoms with van der Waals surface area (Å²) in [5.41, 5.74) is 1.18. The molecule has 3 rings (SSSR count). The Hall–Kier alpha value is -2.47. The van der Waals surface area contributed by atoms with Crippen molar-refractivity contribution in [2.75, 3.05) is 0 Å². The molecule has 3 aromatic rings. The Morgan fingerprint density at radius 1 is 1.33 bits per heavy atom. The molecule has 0 radical (unpaired) electrons. The fourth-order valence-corrected chi connectivity index (χ4v) is 2.26. The summed E-state index contributed by atoms with van der Waals surface area (Å²) in [7, 11) is 0. The van der Waals surface area contributed by atoms with Gasteiger partial charge in [0, 0.05) is 10.4 Å². The highest BCUT2D eigenvalue weighted by molar-refractivity contribution is 7.11. The standard InChI is InChI=1S/C15H11FN2O2S/c16-12-4-1-3-11(7-12)15-18-13(9-19-15)10-20-17-8-14-5-2-6-21-14/h1-9H,10H2/b17-8+. The van der Waals surface area contributed by atoms with Crippen molar-refractivity contribution in [1.82, 2.24) is 4.98 Å². The first-order valence-corrected chi connectivity index (χ1v) is 7.08. The molecule has 0 unspecified atom stereocenters. The summed E-state index contributed by atoms with van der Waals surface area (Å²) in [6, 6.07) is 9.95. The molecule has 0 aliphatic heterocycles. The first-order valence-electron chi connectivity index (χ1n) is 6.20. The van der Waals surface area contributed by atoms with Gasteiger partial charge in [0.2, 0.25) is 5.89 Å². The number of hydrogen-bond acceptors (Lipinski definition) is 5. The molecule has 4 nitrogen and oxygen atoms in total. The molecule has 0 atom stereocenters. The summed E-state index contributed by atoms with van der Waals surface area (Å²) in [6.45, 7) is 0.195. The van der Waals surface area contributed by atoms with Gasteiger partial charge in [0.25, 0.3) is 0 Å². The second kappa shape index (κ2) is 6.32. The molecule has 1 aromatic carbocycles. The third kappa shape index (κ3) is 3.55. The molecule has 2 aromatic heterocycles. The van der Waals surface area contributed by atoms with Gasteiger partial charge in [-0.15, -0.1) is 11.3 Å². The molecule has 0 aliphatic rings. The fraction of sp³-hybridized carbons (Fsp3) is 0.0667. The molecule has 0 fully saturated rings. The van der Waals surface area contributed by atoms with Gasteiger partial charge < -0.3 is 9.25 Å². The van der Waals surface area contributed by atoms with Crippen LogP contribution in [0.25, 0.3) is 11.5 Å². The minimum atomic E-state index is -0.330. The molecular weight excluding hydrogens is 291 g/mol. The Morgan fingerprint density at radius 3 is 3.10 bits per heavy atom. The minimum Gasteiger partial charge on any atom is -0.444 e. The van der Waals surface area contributed by atoms with Crippen molar-refractivity contribution in [3.8, 4) is 11.5 Å². The van der Waals surface area contributed by atoms with Crippen LogP contribution in [-0.4, -0.2) is 11.2 Å². The second-order valence-electron chi connectivity index (χ2n) is 4.18. The van der Waals surface area contributed by atoms with Crippen molar-refractivity contribution < 1.29 is 13.6 Å². The van der Waals surface area contributed by atoms with E-state index in [0.717, 1.165) is 4.88 Å². The van der Waals surface area contributed by atoms with Gasteiger partial charge in [0.05, 0.1) is 6.21 Å². The lowest BCUT2D eigenvalue weighted by atomic mass is 10.2. The number of hydrogen-bond donors (Lipinski definition) is 0. The van der Waals surface area contributed by atoms with Crippen LogP contribution >= 0.6 is 11.3 Å². The molecule has 106 valence electrons. The number of nitrogens with zero attached hydrogens (tertiary/aromatic N) is 2.